The number of nitrogens with one attached hydrogen (secondary N) is 1. The van der Waals surface area contributed by atoms with Crippen LogP contribution in [0.5, 0.6) is 11.5 Å². The van der Waals surface area contributed by atoms with E-state index in [0.717, 1.165) is 36.7 Å². The molecule has 1 saturated heterocycles. The largest absolute Gasteiger partial charge is 0.454 e. The third kappa shape index (κ3) is 4.65. The highest BCUT2D eigenvalue weighted by Gasteiger charge is 2.29. The van der Waals surface area contributed by atoms with Crippen LogP contribution in [-0.2, 0) is 6.54 Å². The average molecular weight is 503 g/mol. The van der Waals surface area contributed by atoms with Crippen LogP contribution in [0.2, 0.25) is 10.0 Å². The molecular formula is C22H20Cl2N6O4. The van der Waals surface area contributed by atoms with Gasteiger partial charge in [-0.25, -0.2) is 9.97 Å². The molecule has 0 radical (unpaired) electrons. The van der Waals surface area contributed by atoms with Crippen molar-refractivity contribution in [2.24, 2.45) is 0 Å². The molecule has 34 heavy (non-hydrogen) atoms. The van der Waals surface area contributed by atoms with Gasteiger partial charge >= 0.3 is 5.69 Å². The van der Waals surface area contributed by atoms with Crippen molar-refractivity contribution in [3.63, 3.8) is 0 Å². The maximum atomic E-state index is 12.0. The van der Waals surface area contributed by atoms with Gasteiger partial charge in [-0.3, -0.25) is 15.0 Å². The second kappa shape index (κ2) is 9.49. The van der Waals surface area contributed by atoms with Gasteiger partial charge in [0.2, 0.25) is 18.4 Å². The van der Waals surface area contributed by atoms with Crippen LogP contribution in [0.3, 0.4) is 0 Å². The second-order valence-electron chi connectivity index (χ2n) is 7.86. The zero-order valence-corrected chi connectivity index (χ0v) is 19.4. The summed E-state index contributed by atoms with van der Waals surface area (Å²) in [5.74, 6) is 1.89. The molecule has 0 aliphatic carbocycles. The highest BCUT2D eigenvalue weighted by molar-refractivity contribution is 6.42. The lowest BCUT2D eigenvalue weighted by molar-refractivity contribution is -0.383. The van der Waals surface area contributed by atoms with E-state index in [2.05, 4.69) is 20.2 Å². The Morgan fingerprint density at radius 1 is 1.00 bits per heavy atom. The smallest absolute Gasteiger partial charge is 0.353 e. The molecule has 12 heteroatoms. The van der Waals surface area contributed by atoms with Crippen LogP contribution in [-0.4, -0.2) is 52.8 Å². The number of fused-ring (bicyclic) bond motifs is 1. The van der Waals surface area contributed by atoms with Gasteiger partial charge in [0.1, 0.15) is 6.33 Å². The van der Waals surface area contributed by atoms with Crippen LogP contribution in [0.4, 0.5) is 23.0 Å². The van der Waals surface area contributed by atoms with Gasteiger partial charge in [-0.05, 0) is 35.9 Å². The van der Waals surface area contributed by atoms with Crippen LogP contribution in [0.25, 0.3) is 0 Å². The summed E-state index contributed by atoms with van der Waals surface area (Å²) in [5.41, 5.74) is 1.48. The summed E-state index contributed by atoms with van der Waals surface area (Å²) < 4.78 is 10.8. The highest BCUT2D eigenvalue weighted by Crippen LogP contribution is 2.36. The lowest BCUT2D eigenvalue weighted by Crippen LogP contribution is -2.46. The van der Waals surface area contributed by atoms with Crippen molar-refractivity contribution in [2.45, 2.75) is 6.54 Å². The number of anilines is 3. The summed E-state index contributed by atoms with van der Waals surface area (Å²) in [6.07, 6.45) is 1.32. The third-order valence-corrected chi connectivity index (χ3v) is 6.42. The van der Waals surface area contributed by atoms with Gasteiger partial charge in [0.05, 0.1) is 15.0 Å². The van der Waals surface area contributed by atoms with Crippen molar-refractivity contribution < 1.29 is 14.4 Å². The first kappa shape index (κ1) is 22.5. The standard InChI is InChI=1S/C22H20Cl2N6O4/c23-16-3-2-15(10-17(16)24)27-21-20(30(31)32)22(26-12-25-21)29-7-5-28(6-8-29)11-14-1-4-18-19(9-14)34-13-33-18/h1-4,9-10,12H,5-8,11,13H2,(H,25,26,27). The first-order valence-electron chi connectivity index (χ1n) is 10.6. The molecule has 0 atom stereocenters. The third-order valence-electron chi connectivity index (χ3n) is 5.68. The molecule has 1 N–H and O–H groups in total. The van der Waals surface area contributed by atoms with Crippen molar-refractivity contribution >= 4 is 46.2 Å². The van der Waals surface area contributed by atoms with Gasteiger partial charge in [-0.2, -0.15) is 0 Å². The normalized spacial score (nSPS) is 15.4. The van der Waals surface area contributed by atoms with Gasteiger partial charge in [-0.15, -0.1) is 0 Å². The monoisotopic (exact) mass is 502 g/mol. The summed E-state index contributed by atoms with van der Waals surface area (Å²) in [4.78, 5) is 24.1. The molecule has 3 aromatic rings. The summed E-state index contributed by atoms with van der Waals surface area (Å²) >= 11 is 12.0. The number of nitrogens with zero attached hydrogens (tertiary/aromatic N) is 5. The molecule has 0 saturated carbocycles. The predicted molar refractivity (Wildman–Crippen MR) is 128 cm³/mol. The molecule has 3 heterocycles. The number of ether oxygens (including phenoxy) is 2. The quantitative estimate of drug-likeness (QED) is 0.385. The zero-order valence-electron chi connectivity index (χ0n) is 17.9. The van der Waals surface area contributed by atoms with Gasteiger partial charge < -0.3 is 19.7 Å². The van der Waals surface area contributed by atoms with Crippen molar-refractivity contribution in [2.75, 3.05) is 43.2 Å². The first-order valence-corrected chi connectivity index (χ1v) is 11.3. The molecule has 2 aliphatic rings. The Kier molecular flexibility index (Phi) is 6.27. The molecule has 5 rings (SSSR count). The molecule has 1 fully saturated rings. The van der Waals surface area contributed by atoms with E-state index in [1.54, 1.807) is 18.2 Å². The fourth-order valence-corrected chi connectivity index (χ4v) is 4.28. The van der Waals surface area contributed by atoms with Gasteiger partial charge in [0, 0.05) is 38.4 Å². The van der Waals surface area contributed by atoms with Crippen molar-refractivity contribution in [1.29, 1.82) is 0 Å². The van der Waals surface area contributed by atoms with E-state index >= 15 is 0 Å². The molecule has 0 spiro atoms. The van der Waals surface area contributed by atoms with Crippen molar-refractivity contribution in [3.05, 3.63) is 68.4 Å². The molecule has 0 bridgehead atoms. The van der Waals surface area contributed by atoms with E-state index in [1.807, 2.05) is 23.1 Å². The second-order valence-corrected chi connectivity index (χ2v) is 8.67. The molecule has 2 aliphatic heterocycles. The van der Waals surface area contributed by atoms with Gasteiger partial charge in [0.15, 0.2) is 11.5 Å². The van der Waals surface area contributed by atoms with E-state index < -0.39 is 4.92 Å². The van der Waals surface area contributed by atoms with E-state index in [-0.39, 0.29) is 24.1 Å². The van der Waals surface area contributed by atoms with Crippen molar-refractivity contribution in [3.8, 4) is 11.5 Å². The fourth-order valence-electron chi connectivity index (χ4n) is 3.99. The highest BCUT2D eigenvalue weighted by atomic mass is 35.5. The van der Waals surface area contributed by atoms with E-state index in [1.165, 1.54) is 6.33 Å². The Morgan fingerprint density at radius 3 is 2.56 bits per heavy atom. The maximum Gasteiger partial charge on any atom is 0.353 e. The topological polar surface area (TPSA) is 106 Å². The number of aromatic nitrogens is 2. The number of piperazine rings is 1. The number of benzene rings is 2. The summed E-state index contributed by atoms with van der Waals surface area (Å²) in [6, 6.07) is 10.8. The molecular weight excluding hydrogens is 483 g/mol. The Morgan fingerprint density at radius 2 is 1.79 bits per heavy atom. The number of rotatable bonds is 6. The van der Waals surface area contributed by atoms with Crippen LogP contribution < -0.4 is 19.7 Å². The minimum atomic E-state index is -0.464. The van der Waals surface area contributed by atoms with Gasteiger partial charge in [-0.1, -0.05) is 29.3 Å². The number of hydrogen-bond acceptors (Lipinski definition) is 9. The number of nitro groups is 1. The molecule has 2 aromatic carbocycles. The van der Waals surface area contributed by atoms with E-state index in [9.17, 15) is 10.1 Å². The van der Waals surface area contributed by atoms with Crippen LogP contribution >= 0.6 is 23.2 Å². The number of halogens is 2. The van der Waals surface area contributed by atoms with Crippen molar-refractivity contribution in [1.82, 2.24) is 14.9 Å². The van der Waals surface area contributed by atoms with Crippen LogP contribution in [0.15, 0.2) is 42.7 Å². The van der Waals surface area contributed by atoms with Crippen LogP contribution in [0, 0.1) is 10.1 Å². The Balaban J connectivity index is 1.29. The fraction of sp³-hybridized carbons (Fsp3) is 0.273. The molecule has 1 aromatic heterocycles. The number of hydrogen-bond donors (Lipinski definition) is 1. The SMILES string of the molecule is O=[N+]([O-])c1c(Nc2ccc(Cl)c(Cl)c2)ncnc1N1CCN(Cc2ccc3c(c2)OCO3)CC1. The lowest BCUT2D eigenvalue weighted by Gasteiger charge is -2.35. The maximum absolute atomic E-state index is 12.0. The van der Waals surface area contributed by atoms with Gasteiger partial charge in [0.25, 0.3) is 0 Å². The average Bonchev–Trinajstić information content (AvgIpc) is 3.30. The van der Waals surface area contributed by atoms with E-state index in [4.69, 9.17) is 32.7 Å². The Labute approximate surface area is 205 Å². The molecule has 10 nitrogen and oxygen atoms in total. The van der Waals surface area contributed by atoms with E-state index in [0.29, 0.717) is 28.8 Å². The lowest BCUT2D eigenvalue weighted by atomic mass is 10.1. The van der Waals surface area contributed by atoms with Crippen LogP contribution in [0.1, 0.15) is 5.56 Å². The zero-order chi connectivity index (χ0) is 23.7. The predicted octanol–water partition coefficient (Wildman–Crippen LogP) is 4.49. The Bertz CT molecular complexity index is 1240. The minimum absolute atomic E-state index is 0.0937. The molecule has 176 valence electrons. The first-order chi connectivity index (χ1) is 16.5. The summed E-state index contributed by atoms with van der Waals surface area (Å²) in [5, 5.41) is 15.7. The Hall–Kier alpha value is -3.34. The molecule has 0 unspecified atom stereocenters. The summed E-state index contributed by atoms with van der Waals surface area (Å²) in [7, 11) is 0. The summed E-state index contributed by atoms with van der Waals surface area (Å²) in [6.45, 7) is 3.64. The molecule has 0 amide bonds. The minimum Gasteiger partial charge on any atom is -0.454 e.